The van der Waals surface area contributed by atoms with Crippen LogP contribution in [0.15, 0.2) is 36.7 Å². The lowest BCUT2D eigenvalue weighted by Crippen LogP contribution is -2.24. The average Bonchev–Trinajstić information content (AvgIpc) is 2.37. The molecule has 1 amide bonds. The van der Waals surface area contributed by atoms with E-state index >= 15 is 0 Å². The van der Waals surface area contributed by atoms with Crippen molar-refractivity contribution in [1.29, 1.82) is 0 Å². The Bertz CT molecular complexity index is 609. The molecule has 98 valence electrons. The molecule has 1 aromatic heterocycles. The van der Waals surface area contributed by atoms with Gasteiger partial charge in [-0.25, -0.2) is 0 Å². The molecule has 2 aromatic rings. The lowest BCUT2D eigenvalue weighted by atomic mass is 10.1. The second-order valence-corrected chi connectivity index (χ2v) is 4.48. The van der Waals surface area contributed by atoms with Crippen molar-refractivity contribution >= 4 is 5.91 Å². The first-order chi connectivity index (χ1) is 9.08. The predicted molar refractivity (Wildman–Crippen MR) is 73.0 cm³/mol. The Morgan fingerprint density at radius 2 is 2.05 bits per heavy atom. The fraction of sp³-hybridized carbons (Fsp3) is 0.200. The monoisotopic (exact) mass is 256 g/mol. The number of hydrogen-bond acceptors (Lipinski definition) is 3. The van der Waals surface area contributed by atoms with Crippen molar-refractivity contribution in [3.63, 3.8) is 0 Å². The molecule has 0 radical (unpaired) electrons. The molecule has 0 bridgehead atoms. The summed E-state index contributed by atoms with van der Waals surface area (Å²) in [5.74, 6) is 0.0211. The topological polar surface area (TPSA) is 62.2 Å². The molecule has 0 aliphatic rings. The largest absolute Gasteiger partial charge is 0.508 e. The number of pyridine rings is 1. The summed E-state index contributed by atoms with van der Waals surface area (Å²) < 4.78 is 0. The molecule has 0 spiro atoms. The van der Waals surface area contributed by atoms with Gasteiger partial charge in [0.25, 0.3) is 5.91 Å². The number of amides is 1. The smallest absolute Gasteiger partial charge is 0.251 e. The van der Waals surface area contributed by atoms with Crippen molar-refractivity contribution in [1.82, 2.24) is 10.3 Å². The van der Waals surface area contributed by atoms with Crippen LogP contribution < -0.4 is 5.32 Å². The van der Waals surface area contributed by atoms with Crippen molar-refractivity contribution in [2.75, 3.05) is 0 Å². The number of benzene rings is 1. The standard InChI is InChI=1S/C15H16N2O2/c1-10-7-13(18)3-4-14(10)15(19)17-9-12-5-6-16-8-11(12)2/h3-8,18H,9H2,1-2H3,(H,17,19). The Morgan fingerprint density at radius 3 is 2.74 bits per heavy atom. The van der Waals surface area contributed by atoms with Gasteiger partial charge in [0.1, 0.15) is 5.75 Å². The first kappa shape index (κ1) is 13.1. The van der Waals surface area contributed by atoms with Gasteiger partial charge >= 0.3 is 0 Å². The van der Waals surface area contributed by atoms with Crippen LogP contribution in [0, 0.1) is 13.8 Å². The quantitative estimate of drug-likeness (QED) is 0.886. The summed E-state index contributed by atoms with van der Waals surface area (Å²) in [7, 11) is 0. The van der Waals surface area contributed by atoms with E-state index in [2.05, 4.69) is 10.3 Å². The molecular formula is C15H16N2O2. The molecule has 0 saturated heterocycles. The first-order valence-electron chi connectivity index (χ1n) is 6.05. The molecule has 2 N–H and O–H groups in total. The Morgan fingerprint density at radius 1 is 1.26 bits per heavy atom. The summed E-state index contributed by atoms with van der Waals surface area (Å²) in [6.45, 7) is 4.22. The molecule has 0 saturated carbocycles. The highest BCUT2D eigenvalue weighted by Crippen LogP contribution is 2.15. The van der Waals surface area contributed by atoms with Gasteiger partial charge in [-0.15, -0.1) is 0 Å². The van der Waals surface area contributed by atoms with Crippen LogP contribution in [-0.4, -0.2) is 16.0 Å². The second-order valence-electron chi connectivity index (χ2n) is 4.48. The summed E-state index contributed by atoms with van der Waals surface area (Å²) >= 11 is 0. The number of aromatic nitrogens is 1. The molecular weight excluding hydrogens is 240 g/mol. The number of rotatable bonds is 3. The third-order valence-corrected chi connectivity index (χ3v) is 3.03. The van der Waals surface area contributed by atoms with Crippen LogP contribution in [0.5, 0.6) is 5.75 Å². The summed E-state index contributed by atoms with van der Waals surface area (Å²) in [5.41, 5.74) is 3.42. The molecule has 4 heteroatoms. The maximum atomic E-state index is 12.1. The fourth-order valence-electron chi connectivity index (χ4n) is 1.87. The van der Waals surface area contributed by atoms with E-state index in [9.17, 15) is 9.90 Å². The van der Waals surface area contributed by atoms with Crippen LogP contribution in [0.1, 0.15) is 27.0 Å². The van der Waals surface area contributed by atoms with E-state index in [1.54, 1.807) is 31.5 Å². The van der Waals surface area contributed by atoms with E-state index < -0.39 is 0 Å². The lowest BCUT2D eigenvalue weighted by Gasteiger charge is -2.09. The number of aryl methyl sites for hydroxylation is 2. The summed E-state index contributed by atoms with van der Waals surface area (Å²) in [5, 5.41) is 12.2. The zero-order valence-corrected chi connectivity index (χ0v) is 11.0. The Labute approximate surface area is 112 Å². The molecule has 2 rings (SSSR count). The van der Waals surface area contributed by atoms with Gasteiger partial charge in [-0.3, -0.25) is 9.78 Å². The highest BCUT2D eigenvalue weighted by molar-refractivity contribution is 5.95. The van der Waals surface area contributed by atoms with E-state index in [0.29, 0.717) is 12.1 Å². The number of aromatic hydroxyl groups is 1. The van der Waals surface area contributed by atoms with Gasteiger partial charge in [0.2, 0.25) is 0 Å². The molecule has 0 atom stereocenters. The number of nitrogens with zero attached hydrogens (tertiary/aromatic N) is 1. The SMILES string of the molecule is Cc1cnccc1CNC(=O)c1ccc(O)cc1C. The number of carbonyl (C=O) groups is 1. The third-order valence-electron chi connectivity index (χ3n) is 3.03. The van der Waals surface area contributed by atoms with Crippen molar-refractivity contribution in [3.8, 4) is 5.75 Å². The minimum Gasteiger partial charge on any atom is -0.508 e. The maximum absolute atomic E-state index is 12.1. The number of nitrogens with one attached hydrogen (secondary N) is 1. The average molecular weight is 256 g/mol. The lowest BCUT2D eigenvalue weighted by molar-refractivity contribution is 0.0950. The molecule has 0 fully saturated rings. The Kier molecular flexibility index (Phi) is 3.80. The highest BCUT2D eigenvalue weighted by atomic mass is 16.3. The van der Waals surface area contributed by atoms with Crippen molar-refractivity contribution in [3.05, 3.63) is 58.9 Å². The molecule has 1 aromatic carbocycles. The van der Waals surface area contributed by atoms with E-state index in [1.807, 2.05) is 13.0 Å². The number of hydrogen-bond donors (Lipinski definition) is 2. The Balaban J connectivity index is 2.08. The van der Waals surface area contributed by atoms with Gasteiger partial charge in [-0.2, -0.15) is 0 Å². The number of carbonyl (C=O) groups excluding carboxylic acids is 1. The van der Waals surface area contributed by atoms with Gasteiger partial charge in [0.15, 0.2) is 0 Å². The zero-order valence-electron chi connectivity index (χ0n) is 11.0. The third kappa shape index (κ3) is 3.10. The van der Waals surface area contributed by atoms with Gasteiger partial charge in [0, 0.05) is 24.5 Å². The van der Waals surface area contributed by atoms with Gasteiger partial charge in [0.05, 0.1) is 0 Å². The summed E-state index contributed by atoms with van der Waals surface area (Å²) in [6, 6.07) is 6.60. The highest BCUT2D eigenvalue weighted by Gasteiger charge is 2.09. The molecule has 0 unspecified atom stereocenters. The summed E-state index contributed by atoms with van der Waals surface area (Å²) in [4.78, 5) is 16.1. The van der Waals surface area contributed by atoms with Crippen LogP contribution in [-0.2, 0) is 6.54 Å². The predicted octanol–water partition coefficient (Wildman–Crippen LogP) is 2.33. The molecule has 1 heterocycles. The van der Waals surface area contributed by atoms with Crippen LogP contribution in [0.25, 0.3) is 0 Å². The molecule has 4 nitrogen and oxygen atoms in total. The summed E-state index contributed by atoms with van der Waals surface area (Å²) in [6.07, 6.45) is 3.48. The molecule has 19 heavy (non-hydrogen) atoms. The van der Waals surface area contributed by atoms with Gasteiger partial charge < -0.3 is 10.4 Å². The fourth-order valence-corrected chi connectivity index (χ4v) is 1.87. The van der Waals surface area contributed by atoms with Crippen molar-refractivity contribution < 1.29 is 9.90 Å². The van der Waals surface area contributed by atoms with Crippen molar-refractivity contribution in [2.24, 2.45) is 0 Å². The van der Waals surface area contributed by atoms with Gasteiger partial charge in [-0.1, -0.05) is 0 Å². The first-order valence-corrected chi connectivity index (χ1v) is 6.05. The van der Waals surface area contributed by atoms with Gasteiger partial charge in [-0.05, 0) is 54.8 Å². The normalized spacial score (nSPS) is 10.2. The van der Waals surface area contributed by atoms with E-state index in [1.165, 1.54) is 6.07 Å². The van der Waals surface area contributed by atoms with Crippen LogP contribution in [0.3, 0.4) is 0 Å². The zero-order chi connectivity index (χ0) is 13.8. The van der Waals surface area contributed by atoms with Crippen LogP contribution in [0.4, 0.5) is 0 Å². The molecule has 0 aliphatic carbocycles. The minimum atomic E-state index is -0.145. The van der Waals surface area contributed by atoms with Crippen LogP contribution >= 0.6 is 0 Å². The van der Waals surface area contributed by atoms with Crippen LogP contribution in [0.2, 0.25) is 0 Å². The maximum Gasteiger partial charge on any atom is 0.251 e. The van der Waals surface area contributed by atoms with Crippen molar-refractivity contribution in [2.45, 2.75) is 20.4 Å². The van der Waals surface area contributed by atoms with E-state index in [-0.39, 0.29) is 11.7 Å². The van der Waals surface area contributed by atoms with E-state index in [4.69, 9.17) is 0 Å². The second kappa shape index (κ2) is 5.52. The van der Waals surface area contributed by atoms with E-state index in [0.717, 1.165) is 16.7 Å². The molecule has 0 aliphatic heterocycles. The Hall–Kier alpha value is -2.36. The minimum absolute atomic E-state index is 0.145. The number of phenolic OH excluding ortho intramolecular Hbond substituents is 1. The number of phenols is 1.